The second-order valence-corrected chi connectivity index (χ2v) is 8.81. The van der Waals surface area contributed by atoms with Crippen LogP contribution in [-0.2, 0) is 28.6 Å². The van der Waals surface area contributed by atoms with E-state index < -0.39 is 0 Å². The summed E-state index contributed by atoms with van der Waals surface area (Å²) >= 11 is 5.91. The number of likely N-dealkylation sites (N-methyl/N-ethyl adjacent to an activating group) is 1. The van der Waals surface area contributed by atoms with Crippen molar-refractivity contribution in [3.63, 3.8) is 0 Å². The summed E-state index contributed by atoms with van der Waals surface area (Å²) < 4.78 is 5.54. The van der Waals surface area contributed by atoms with Crippen LogP contribution in [0.3, 0.4) is 0 Å². The number of rotatable bonds is 7. The Kier molecular flexibility index (Phi) is 8.78. The van der Waals surface area contributed by atoms with Gasteiger partial charge in [0.25, 0.3) is 0 Å². The fourth-order valence-corrected chi connectivity index (χ4v) is 4.66. The molecule has 1 heterocycles. The third-order valence-corrected chi connectivity index (χ3v) is 6.47. The number of hydrogen-bond acceptors (Lipinski definition) is 4. The van der Waals surface area contributed by atoms with Gasteiger partial charge in [-0.15, -0.1) is 5.10 Å². The molecule has 1 aliphatic heterocycles. The normalized spacial score (nSPS) is 18.6. The third kappa shape index (κ3) is 5.61. The van der Waals surface area contributed by atoms with Gasteiger partial charge in [-0.1, -0.05) is 41.9 Å². The number of aliphatic hydroxyl groups is 1. The number of halogens is 1. The van der Waals surface area contributed by atoms with Crippen LogP contribution < -0.4 is 9.64 Å². The number of benzene rings is 3. The van der Waals surface area contributed by atoms with Gasteiger partial charge in [-0.2, -0.15) is 5.10 Å². The van der Waals surface area contributed by atoms with Crippen LogP contribution in [-0.4, -0.2) is 30.9 Å². The summed E-state index contributed by atoms with van der Waals surface area (Å²) in [6, 6.07) is 23.5. The number of allylic oxidation sites excluding steroid dienone is 2. The topological polar surface area (TPSA) is 57.4 Å². The second-order valence-electron chi connectivity index (χ2n) is 8.37. The molecular weight excluding hydrogens is 505 g/mol. The maximum Gasteiger partial charge on any atom is 0.238 e. The van der Waals surface area contributed by atoms with E-state index in [1.165, 1.54) is 11.1 Å². The quantitative estimate of drug-likeness (QED) is 0.213. The van der Waals surface area contributed by atoms with Gasteiger partial charge in [0.1, 0.15) is 5.75 Å². The van der Waals surface area contributed by atoms with Crippen LogP contribution in [0.1, 0.15) is 30.5 Å². The smallest absolute Gasteiger partial charge is 0.238 e. The van der Waals surface area contributed by atoms with Gasteiger partial charge >= 0.3 is 0 Å². The first-order chi connectivity index (χ1) is 16.5. The molecule has 3 aromatic rings. The van der Waals surface area contributed by atoms with Crippen LogP contribution in [0.15, 0.2) is 94.8 Å². The van der Waals surface area contributed by atoms with E-state index in [0.717, 1.165) is 30.1 Å². The van der Waals surface area contributed by atoms with Gasteiger partial charge in [0.2, 0.25) is 5.90 Å². The van der Waals surface area contributed by atoms with Gasteiger partial charge in [0, 0.05) is 50.7 Å². The molecule has 5 nitrogen and oxygen atoms in total. The fourth-order valence-electron chi connectivity index (χ4n) is 4.54. The van der Waals surface area contributed by atoms with Crippen molar-refractivity contribution in [2.24, 2.45) is 10.2 Å². The Bertz CT molecular complexity index is 1240. The van der Waals surface area contributed by atoms with Crippen LogP contribution >= 0.6 is 11.6 Å². The van der Waals surface area contributed by atoms with Crippen molar-refractivity contribution in [1.29, 1.82) is 0 Å². The van der Waals surface area contributed by atoms with Crippen molar-refractivity contribution in [2.75, 3.05) is 18.6 Å². The molecule has 1 unspecified atom stereocenters. The Morgan fingerprint density at radius 3 is 2.46 bits per heavy atom. The first-order valence-corrected chi connectivity index (χ1v) is 11.6. The van der Waals surface area contributed by atoms with Crippen LogP contribution in [0.5, 0.6) is 5.75 Å². The summed E-state index contributed by atoms with van der Waals surface area (Å²) in [4.78, 5) is 2.30. The summed E-state index contributed by atoms with van der Waals surface area (Å²) in [7, 11) is 1.69. The summed E-state index contributed by atoms with van der Waals surface area (Å²) in [6.07, 6.45) is 4.44. The molecule has 1 radical (unpaired) electrons. The molecule has 7 heteroatoms. The van der Waals surface area contributed by atoms with Crippen LogP contribution in [0.25, 0.3) is 0 Å². The average Bonchev–Trinajstić information content (AvgIpc) is 3.09. The zero-order chi connectivity index (χ0) is 24.1. The van der Waals surface area contributed by atoms with E-state index in [-0.39, 0.29) is 28.1 Å². The zero-order valence-electron chi connectivity index (χ0n) is 19.9. The van der Waals surface area contributed by atoms with Crippen molar-refractivity contribution in [3.8, 4) is 5.75 Å². The average molecular weight is 533 g/mol. The molecule has 35 heavy (non-hydrogen) atoms. The van der Waals surface area contributed by atoms with Gasteiger partial charge < -0.3 is 14.7 Å². The molecular formula is C28H28ClCoN3O2. The Morgan fingerprint density at radius 2 is 1.80 bits per heavy atom. The molecule has 183 valence electrons. The summed E-state index contributed by atoms with van der Waals surface area (Å²) in [5, 5.41) is 18.9. The van der Waals surface area contributed by atoms with Crippen molar-refractivity contribution < 1.29 is 26.6 Å². The molecule has 3 aromatic carbocycles. The van der Waals surface area contributed by atoms with E-state index in [2.05, 4.69) is 65.3 Å². The van der Waals surface area contributed by atoms with Crippen molar-refractivity contribution in [1.82, 2.24) is 0 Å². The van der Waals surface area contributed by atoms with E-state index in [1.54, 1.807) is 37.6 Å². The van der Waals surface area contributed by atoms with Crippen molar-refractivity contribution in [2.45, 2.75) is 25.7 Å². The first-order valence-electron chi connectivity index (χ1n) is 11.2. The number of hydrogen-bond donors (Lipinski definition) is 1. The Morgan fingerprint density at radius 1 is 1.09 bits per heavy atom. The number of methoxy groups -OCH3 is 1. The number of anilines is 1. The molecule has 0 saturated carbocycles. The Hall–Kier alpha value is -3.06. The fraction of sp³-hybridized carbons (Fsp3) is 0.214. The molecule has 0 spiro atoms. The minimum absolute atomic E-state index is 0. The third-order valence-electron chi connectivity index (χ3n) is 6.22. The van der Waals surface area contributed by atoms with Crippen LogP contribution in [0.2, 0.25) is 5.02 Å². The predicted octanol–water partition coefficient (Wildman–Crippen LogP) is 6.56. The van der Waals surface area contributed by atoms with Crippen molar-refractivity contribution >= 4 is 29.4 Å². The molecule has 0 aliphatic carbocycles. The summed E-state index contributed by atoms with van der Waals surface area (Å²) in [5.41, 5.74) is 5.00. The first kappa shape index (κ1) is 26.5. The number of nitrogens with zero attached hydrogens (tertiary/aromatic N) is 3. The molecule has 1 atom stereocenters. The van der Waals surface area contributed by atoms with Gasteiger partial charge in [-0.3, -0.25) is 0 Å². The number of fused-ring (bicyclic) bond motifs is 1. The van der Waals surface area contributed by atoms with Gasteiger partial charge in [-0.25, -0.2) is 0 Å². The Balaban J connectivity index is 0.00000342. The number of ether oxygens (including phenoxy) is 1. The molecule has 1 N–H and O–H groups in total. The van der Waals surface area contributed by atoms with Crippen LogP contribution in [0.4, 0.5) is 5.69 Å². The molecule has 0 saturated heterocycles. The molecule has 0 amide bonds. The SMILES string of the molecule is CCN1\C(=C/C=N/N=C(\O)c2ccc(Cl)cc2)C(C)(Cc2ccccc2)c2cc(OC)ccc21.[Co]. The van der Waals surface area contributed by atoms with Crippen molar-refractivity contribution in [3.05, 3.63) is 106 Å². The van der Waals surface area contributed by atoms with E-state index in [9.17, 15) is 5.11 Å². The largest absolute Gasteiger partial charge is 0.497 e. The number of aliphatic hydroxyl groups excluding tert-OH is 1. The standard InChI is InChI=1S/C28H28ClN3O2.Co/c1-4-32-25-15-14-23(34-3)18-24(25)28(2,19-20-8-6-5-7-9-20)26(32)16-17-30-31-27(33)21-10-12-22(29)13-11-21;/h5-18H,4,19H2,1-3H3,(H,31,33);/b26-16-,30-17+;. The van der Waals surface area contributed by atoms with E-state index in [4.69, 9.17) is 16.3 Å². The molecule has 0 fully saturated rings. The maximum atomic E-state index is 10.2. The minimum atomic E-state index is -0.296. The summed E-state index contributed by atoms with van der Waals surface area (Å²) in [5.74, 6) is 0.673. The predicted molar refractivity (Wildman–Crippen MR) is 141 cm³/mol. The minimum Gasteiger partial charge on any atom is -0.497 e. The summed E-state index contributed by atoms with van der Waals surface area (Å²) in [6.45, 7) is 5.20. The molecule has 0 bridgehead atoms. The van der Waals surface area contributed by atoms with Gasteiger partial charge in [0.05, 0.1) is 13.3 Å². The van der Waals surface area contributed by atoms with E-state index in [1.807, 2.05) is 18.2 Å². The Labute approximate surface area is 222 Å². The molecule has 1 aliphatic rings. The second kappa shape index (κ2) is 11.6. The maximum absolute atomic E-state index is 10.2. The molecule has 0 aromatic heterocycles. The van der Waals surface area contributed by atoms with E-state index in [0.29, 0.717) is 10.6 Å². The van der Waals surface area contributed by atoms with Crippen LogP contribution in [0, 0.1) is 0 Å². The monoisotopic (exact) mass is 532 g/mol. The zero-order valence-corrected chi connectivity index (χ0v) is 21.7. The molecule has 4 rings (SSSR count). The van der Waals surface area contributed by atoms with E-state index >= 15 is 0 Å². The van der Waals surface area contributed by atoms with Gasteiger partial charge in [0.15, 0.2) is 0 Å². The van der Waals surface area contributed by atoms with Gasteiger partial charge in [-0.05, 0) is 79.9 Å².